The van der Waals surface area contributed by atoms with Crippen LogP contribution >= 0.6 is 39.0 Å². The largest absolute Gasteiger partial charge is 0.376 e. The number of carbonyl (C=O) groups excluding carboxylic acids is 1. The van der Waals surface area contributed by atoms with Crippen molar-refractivity contribution in [3.05, 3.63) is 34.3 Å². The van der Waals surface area contributed by atoms with E-state index in [1.54, 1.807) is 0 Å². The summed E-state index contributed by atoms with van der Waals surface area (Å²) in [6.45, 7) is 3.58. The number of rotatable bonds is 8. The summed E-state index contributed by atoms with van der Waals surface area (Å²) in [5.41, 5.74) is 1.07. The van der Waals surface area contributed by atoms with Crippen LogP contribution in [0.3, 0.4) is 0 Å². The number of carbonyl (C=O) groups is 1. The Morgan fingerprint density at radius 3 is 2.96 bits per heavy atom. The molecule has 1 amide bonds. The molecular weight excluding hydrogens is 436 g/mol. The smallest absolute Gasteiger partial charge is 0.230 e. The number of anilines is 1. The van der Waals surface area contributed by atoms with E-state index in [0.29, 0.717) is 5.75 Å². The number of hydrogen-bond acceptors (Lipinski definition) is 7. The summed E-state index contributed by atoms with van der Waals surface area (Å²) in [6, 6.07) is 7.91. The Hall–Kier alpha value is -1.16. The number of aromatic nitrogens is 2. The van der Waals surface area contributed by atoms with E-state index in [4.69, 9.17) is 4.74 Å². The standard InChI is InChI=1S/C17H21BrN4O2S2/c1-11(12-4-6-13(18)7-5-12)20-15(23)10-25-17-22-21-16(26-17)19-9-14-3-2-8-24-14/h4-7,11,14H,2-3,8-10H2,1H3,(H,19,21)(H,20,23). The van der Waals surface area contributed by atoms with E-state index in [9.17, 15) is 4.79 Å². The Kier molecular flexibility index (Phi) is 7.30. The molecular formula is C17H21BrN4O2S2. The molecule has 0 saturated carbocycles. The van der Waals surface area contributed by atoms with E-state index in [0.717, 1.165) is 45.5 Å². The molecule has 1 fully saturated rings. The minimum absolute atomic E-state index is 0.0190. The van der Waals surface area contributed by atoms with Crippen LogP contribution in [0, 0.1) is 0 Å². The van der Waals surface area contributed by atoms with Gasteiger partial charge < -0.3 is 15.4 Å². The number of halogens is 1. The number of nitrogens with zero attached hydrogens (tertiary/aromatic N) is 2. The van der Waals surface area contributed by atoms with Gasteiger partial charge in [0.2, 0.25) is 11.0 Å². The van der Waals surface area contributed by atoms with Gasteiger partial charge in [-0.05, 0) is 37.5 Å². The maximum Gasteiger partial charge on any atom is 0.230 e. The van der Waals surface area contributed by atoms with Gasteiger partial charge in [0.25, 0.3) is 0 Å². The molecule has 1 aromatic heterocycles. The number of nitrogens with one attached hydrogen (secondary N) is 2. The first kappa shape index (κ1) is 19.6. The van der Waals surface area contributed by atoms with Crippen molar-refractivity contribution in [2.75, 3.05) is 24.2 Å². The molecule has 1 saturated heterocycles. The fraction of sp³-hybridized carbons (Fsp3) is 0.471. The Bertz CT molecular complexity index is 720. The highest BCUT2D eigenvalue weighted by Gasteiger charge is 2.16. The second kappa shape index (κ2) is 9.68. The molecule has 26 heavy (non-hydrogen) atoms. The third-order valence-electron chi connectivity index (χ3n) is 3.99. The van der Waals surface area contributed by atoms with Crippen LogP contribution in [0.4, 0.5) is 5.13 Å². The number of thioether (sulfide) groups is 1. The van der Waals surface area contributed by atoms with E-state index in [-0.39, 0.29) is 18.1 Å². The molecule has 2 unspecified atom stereocenters. The fourth-order valence-electron chi connectivity index (χ4n) is 2.59. The van der Waals surface area contributed by atoms with Gasteiger partial charge in [-0.1, -0.05) is 51.2 Å². The average Bonchev–Trinajstić information content (AvgIpc) is 3.30. The van der Waals surface area contributed by atoms with E-state index >= 15 is 0 Å². The summed E-state index contributed by atoms with van der Waals surface area (Å²) in [5.74, 6) is 0.302. The number of ether oxygens (including phenoxy) is 1. The molecule has 9 heteroatoms. The van der Waals surface area contributed by atoms with Crippen molar-refractivity contribution >= 4 is 50.1 Å². The van der Waals surface area contributed by atoms with Gasteiger partial charge in [-0.15, -0.1) is 10.2 Å². The summed E-state index contributed by atoms with van der Waals surface area (Å²) < 4.78 is 7.38. The van der Waals surface area contributed by atoms with Crippen molar-refractivity contribution in [2.45, 2.75) is 36.3 Å². The van der Waals surface area contributed by atoms with Crippen molar-refractivity contribution in [1.82, 2.24) is 15.5 Å². The van der Waals surface area contributed by atoms with E-state index in [2.05, 4.69) is 36.8 Å². The van der Waals surface area contributed by atoms with Crippen LogP contribution in [0.2, 0.25) is 0 Å². The maximum atomic E-state index is 12.2. The van der Waals surface area contributed by atoms with Gasteiger partial charge in [-0.2, -0.15) is 0 Å². The molecule has 0 aliphatic carbocycles. The molecule has 1 aliphatic rings. The Balaban J connectivity index is 1.40. The van der Waals surface area contributed by atoms with Crippen molar-refractivity contribution in [2.24, 2.45) is 0 Å². The van der Waals surface area contributed by atoms with Gasteiger partial charge >= 0.3 is 0 Å². The zero-order valence-corrected chi connectivity index (χ0v) is 17.6. The zero-order chi connectivity index (χ0) is 18.4. The van der Waals surface area contributed by atoms with Gasteiger partial charge in [0.15, 0.2) is 4.34 Å². The lowest BCUT2D eigenvalue weighted by Crippen LogP contribution is -2.28. The van der Waals surface area contributed by atoms with Crippen molar-refractivity contribution in [3.8, 4) is 0 Å². The number of hydrogen-bond donors (Lipinski definition) is 2. The lowest BCUT2D eigenvalue weighted by molar-refractivity contribution is -0.119. The first-order valence-electron chi connectivity index (χ1n) is 8.47. The van der Waals surface area contributed by atoms with E-state index in [1.807, 2.05) is 31.2 Å². The van der Waals surface area contributed by atoms with Crippen LogP contribution in [0.15, 0.2) is 33.1 Å². The van der Waals surface area contributed by atoms with Gasteiger partial charge in [0, 0.05) is 17.6 Å². The topological polar surface area (TPSA) is 76.1 Å². The lowest BCUT2D eigenvalue weighted by Gasteiger charge is -2.14. The minimum atomic E-state index is -0.0331. The van der Waals surface area contributed by atoms with Crippen molar-refractivity contribution in [3.63, 3.8) is 0 Å². The number of amides is 1. The average molecular weight is 457 g/mol. The highest BCUT2D eigenvalue weighted by atomic mass is 79.9. The maximum absolute atomic E-state index is 12.2. The zero-order valence-electron chi connectivity index (χ0n) is 14.4. The summed E-state index contributed by atoms with van der Waals surface area (Å²) in [5, 5.41) is 15.3. The highest BCUT2D eigenvalue weighted by molar-refractivity contribution is 9.10. The molecule has 3 rings (SSSR count). The van der Waals surface area contributed by atoms with Crippen molar-refractivity contribution < 1.29 is 9.53 Å². The van der Waals surface area contributed by atoms with Crippen LogP contribution in [-0.4, -0.2) is 41.1 Å². The molecule has 0 radical (unpaired) electrons. The molecule has 2 N–H and O–H groups in total. The third kappa shape index (κ3) is 5.94. The normalized spacial score (nSPS) is 17.8. The molecule has 140 valence electrons. The quantitative estimate of drug-likeness (QED) is 0.587. The molecule has 1 aromatic carbocycles. The molecule has 2 atom stereocenters. The van der Waals surface area contributed by atoms with Gasteiger partial charge in [-0.25, -0.2) is 0 Å². The minimum Gasteiger partial charge on any atom is -0.376 e. The Labute approximate surface area is 169 Å². The first-order chi connectivity index (χ1) is 12.6. The van der Waals surface area contributed by atoms with Crippen LogP contribution in [0.1, 0.15) is 31.4 Å². The predicted molar refractivity (Wildman–Crippen MR) is 109 cm³/mol. The van der Waals surface area contributed by atoms with E-state index in [1.165, 1.54) is 23.1 Å². The Morgan fingerprint density at radius 1 is 1.42 bits per heavy atom. The molecule has 0 spiro atoms. The van der Waals surface area contributed by atoms with Crippen molar-refractivity contribution in [1.29, 1.82) is 0 Å². The van der Waals surface area contributed by atoms with Crippen LogP contribution in [-0.2, 0) is 9.53 Å². The highest BCUT2D eigenvalue weighted by Crippen LogP contribution is 2.26. The van der Waals surface area contributed by atoms with Gasteiger partial charge in [0.1, 0.15) is 0 Å². The fourth-order valence-corrected chi connectivity index (χ4v) is 4.43. The third-order valence-corrected chi connectivity index (χ3v) is 6.53. The second-order valence-corrected chi connectivity index (χ2v) is 9.13. The molecule has 2 heterocycles. The van der Waals surface area contributed by atoms with Crippen LogP contribution in [0.5, 0.6) is 0 Å². The molecule has 0 bridgehead atoms. The molecule has 1 aliphatic heterocycles. The monoisotopic (exact) mass is 456 g/mol. The summed E-state index contributed by atoms with van der Waals surface area (Å²) >= 11 is 6.28. The molecule has 2 aromatic rings. The Morgan fingerprint density at radius 2 is 2.23 bits per heavy atom. The van der Waals surface area contributed by atoms with Crippen LogP contribution in [0.25, 0.3) is 0 Å². The predicted octanol–water partition coefficient (Wildman–Crippen LogP) is 3.86. The number of benzene rings is 1. The second-order valence-electron chi connectivity index (χ2n) is 6.02. The van der Waals surface area contributed by atoms with E-state index < -0.39 is 0 Å². The van der Waals surface area contributed by atoms with Gasteiger partial charge in [-0.3, -0.25) is 4.79 Å². The summed E-state index contributed by atoms with van der Waals surface area (Å²) in [4.78, 5) is 12.2. The summed E-state index contributed by atoms with van der Waals surface area (Å²) in [6.07, 6.45) is 2.47. The van der Waals surface area contributed by atoms with Crippen LogP contribution < -0.4 is 10.6 Å². The SMILES string of the molecule is CC(NC(=O)CSc1nnc(NCC2CCCO2)s1)c1ccc(Br)cc1. The lowest BCUT2D eigenvalue weighted by atomic mass is 10.1. The molecule has 6 nitrogen and oxygen atoms in total. The first-order valence-corrected chi connectivity index (χ1v) is 11.1. The van der Waals surface area contributed by atoms with Gasteiger partial charge in [0.05, 0.1) is 17.9 Å². The summed E-state index contributed by atoms with van der Waals surface area (Å²) in [7, 11) is 0.